The van der Waals surface area contributed by atoms with Gasteiger partial charge >= 0.3 is 0 Å². The summed E-state index contributed by atoms with van der Waals surface area (Å²) in [4.78, 5) is 13.5. The van der Waals surface area contributed by atoms with Gasteiger partial charge in [-0.15, -0.1) is 0 Å². The summed E-state index contributed by atoms with van der Waals surface area (Å²) < 4.78 is 5.13. The van der Waals surface area contributed by atoms with Gasteiger partial charge in [0.25, 0.3) is 0 Å². The molecule has 0 bridgehead atoms. The van der Waals surface area contributed by atoms with E-state index in [0.29, 0.717) is 24.4 Å². The third-order valence-corrected chi connectivity index (χ3v) is 3.54. The van der Waals surface area contributed by atoms with Gasteiger partial charge in [0.15, 0.2) is 0 Å². The monoisotopic (exact) mass is 252 g/mol. The minimum Gasteiger partial charge on any atom is -0.382 e. The van der Waals surface area contributed by atoms with Gasteiger partial charge < -0.3 is 15.4 Å². The first-order valence-corrected chi connectivity index (χ1v) is 6.26. The molecule has 100 valence electrons. The van der Waals surface area contributed by atoms with Crippen LogP contribution in [-0.4, -0.2) is 47.3 Å². The van der Waals surface area contributed by atoms with Crippen LogP contribution in [0.5, 0.6) is 0 Å². The topological polar surface area (TPSA) is 84.2 Å². The van der Waals surface area contributed by atoms with Crippen LogP contribution in [0.2, 0.25) is 0 Å². The molecule has 1 aromatic rings. The van der Waals surface area contributed by atoms with Crippen molar-refractivity contribution in [3.63, 3.8) is 0 Å². The molecule has 2 rings (SSSR count). The van der Waals surface area contributed by atoms with Crippen molar-refractivity contribution in [2.24, 2.45) is 0 Å². The minimum atomic E-state index is 0.0458. The smallest absolute Gasteiger partial charge is 0.248 e. The number of anilines is 1. The molecule has 1 fully saturated rings. The molecule has 0 spiro atoms. The van der Waals surface area contributed by atoms with E-state index in [1.54, 1.807) is 4.90 Å². The lowest BCUT2D eigenvalue weighted by Crippen LogP contribution is -2.46. The second-order valence-corrected chi connectivity index (χ2v) is 4.71. The molecule has 3 N–H and O–H groups in total. The molecule has 0 unspecified atom stereocenters. The maximum absolute atomic E-state index is 11.7. The third-order valence-electron chi connectivity index (χ3n) is 3.54. The molecule has 1 heterocycles. The number of carbonyl (C=O) groups excluding carboxylic acids is 1. The van der Waals surface area contributed by atoms with E-state index in [-0.39, 0.29) is 12.5 Å². The molecule has 0 atom stereocenters. The van der Waals surface area contributed by atoms with Crippen LogP contribution in [-0.2, 0) is 9.53 Å². The number of hydrogen-bond donors (Lipinski definition) is 2. The highest BCUT2D eigenvalue weighted by Gasteiger charge is 2.35. The largest absolute Gasteiger partial charge is 0.382 e. The molecule has 1 aliphatic rings. The van der Waals surface area contributed by atoms with Crippen molar-refractivity contribution in [2.45, 2.75) is 31.7 Å². The molecule has 1 aliphatic carbocycles. The zero-order valence-corrected chi connectivity index (χ0v) is 10.8. The van der Waals surface area contributed by atoms with E-state index in [1.165, 1.54) is 0 Å². The van der Waals surface area contributed by atoms with E-state index in [4.69, 9.17) is 10.5 Å². The van der Waals surface area contributed by atoms with Crippen LogP contribution in [0, 0.1) is 0 Å². The van der Waals surface area contributed by atoms with Gasteiger partial charge in [0.05, 0.1) is 0 Å². The summed E-state index contributed by atoms with van der Waals surface area (Å²) in [5.41, 5.74) is 6.63. The highest BCUT2D eigenvalue weighted by molar-refractivity contribution is 5.77. The van der Waals surface area contributed by atoms with Crippen LogP contribution < -0.4 is 5.73 Å². The average Bonchev–Trinajstić information content (AvgIpc) is 2.70. The fraction of sp³-hybridized carbons (Fsp3) is 0.667. The van der Waals surface area contributed by atoms with Gasteiger partial charge in [-0.3, -0.25) is 9.89 Å². The quantitative estimate of drug-likeness (QED) is 0.809. The second kappa shape index (κ2) is 5.39. The van der Waals surface area contributed by atoms with Gasteiger partial charge in [-0.25, -0.2) is 0 Å². The maximum atomic E-state index is 11.7. The Hall–Kier alpha value is -1.56. The molecule has 0 aromatic carbocycles. The molecule has 1 saturated carbocycles. The number of aromatic nitrogens is 2. The number of carbonyl (C=O) groups is 1. The van der Waals surface area contributed by atoms with Gasteiger partial charge in [-0.2, -0.15) is 5.10 Å². The summed E-state index contributed by atoms with van der Waals surface area (Å²) >= 11 is 0. The number of likely N-dealkylation sites (N-methyl/N-ethyl adjacent to an activating group) is 1. The first kappa shape index (κ1) is 12.9. The van der Waals surface area contributed by atoms with E-state index >= 15 is 0 Å². The van der Waals surface area contributed by atoms with E-state index in [0.717, 1.165) is 18.5 Å². The van der Waals surface area contributed by atoms with E-state index in [2.05, 4.69) is 10.2 Å². The normalized spacial score (nSPS) is 22.6. The Morgan fingerprint density at radius 1 is 1.67 bits per heavy atom. The summed E-state index contributed by atoms with van der Waals surface area (Å²) in [6.45, 7) is 2.63. The zero-order valence-electron chi connectivity index (χ0n) is 10.8. The summed E-state index contributed by atoms with van der Waals surface area (Å²) in [5, 5.41) is 6.84. The molecule has 18 heavy (non-hydrogen) atoms. The number of hydrogen-bond acceptors (Lipinski definition) is 4. The summed E-state index contributed by atoms with van der Waals surface area (Å²) in [5.74, 6) is 1.00. The SMILES string of the molecule is CCOCC(=O)N(C)C1CC(c2cc(N)n[nH]2)C1. The Bertz CT molecular complexity index is 412. The molecular weight excluding hydrogens is 232 g/mol. The van der Waals surface area contributed by atoms with Crippen LogP contribution in [0.3, 0.4) is 0 Å². The Labute approximate surface area is 106 Å². The van der Waals surface area contributed by atoms with E-state index < -0.39 is 0 Å². The van der Waals surface area contributed by atoms with E-state index in [9.17, 15) is 4.79 Å². The van der Waals surface area contributed by atoms with Gasteiger partial charge in [-0.05, 0) is 19.8 Å². The van der Waals surface area contributed by atoms with E-state index in [1.807, 2.05) is 20.0 Å². The molecule has 0 saturated heterocycles. The van der Waals surface area contributed by atoms with Crippen molar-refractivity contribution in [3.05, 3.63) is 11.8 Å². The van der Waals surface area contributed by atoms with Crippen molar-refractivity contribution < 1.29 is 9.53 Å². The van der Waals surface area contributed by atoms with Gasteiger partial charge in [-0.1, -0.05) is 0 Å². The maximum Gasteiger partial charge on any atom is 0.248 e. The standard InChI is InChI=1S/C12H20N4O2/c1-3-18-7-12(17)16(2)9-4-8(5-9)10-6-11(13)15-14-10/h6,8-9H,3-5,7H2,1-2H3,(H3,13,14,15). The third kappa shape index (κ3) is 2.64. The lowest BCUT2D eigenvalue weighted by molar-refractivity contribution is -0.138. The number of amides is 1. The van der Waals surface area contributed by atoms with Crippen LogP contribution in [0.15, 0.2) is 6.07 Å². The first-order chi connectivity index (χ1) is 8.61. The fourth-order valence-electron chi connectivity index (χ4n) is 2.21. The Balaban J connectivity index is 1.79. The van der Waals surface area contributed by atoms with Crippen LogP contribution >= 0.6 is 0 Å². The molecule has 1 aromatic heterocycles. The number of nitrogens with zero attached hydrogens (tertiary/aromatic N) is 2. The number of ether oxygens (including phenoxy) is 1. The fourth-order valence-corrected chi connectivity index (χ4v) is 2.21. The predicted molar refractivity (Wildman–Crippen MR) is 68.0 cm³/mol. The number of rotatable bonds is 5. The Morgan fingerprint density at radius 2 is 2.39 bits per heavy atom. The second-order valence-electron chi connectivity index (χ2n) is 4.71. The van der Waals surface area contributed by atoms with Gasteiger partial charge in [0, 0.05) is 37.4 Å². The van der Waals surface area contributed by atoms with Gasteiger partial charge in [0.2, 0.25) is 5.91 Å². The lowest BCUT2D eigenvalue weighted by Gasteiger charge is -2.40. The van der Waals surface area contributed by atoms with Crippen LogP contribution in [0.4, 0.5) is 5.82 Å². The summed E-state index contributed by atoms with van der Waals surface area (Å²) in [6.07, 6.45) is 1.91. The highest BCUT2D eigenvalue weighted by Crippen LogP contribution is 2.38. The van der Waals surface area contributed by atoms with Crippen molar-refractivity contribution in [2.75, 3.05) is 26.0 Å². The molecular formula is C12H20N4O2. The predicted octanol–water partition coefficient (Wildman–Crippen LogP) is 0.733. The molecule has 0 aliphatic heterocycles. The average molecular weight is 252 g/mol. The van der Waals surface area contributed by atoms with Gasteiger partial charge in [0.1, 0.15) is 12.4 Å². The van der Waals surface area contributed by atoms with Crippen molar-refractivity contribution in [1.82, 2.24) is 15.1 Å². The molecule has 6 nitrogen and oxygen atoms in total. The number of H-pyrrole nitrogens is 1. The van der Waals surface area contributed by atoms with Crippen molar-refractivity contribution in [3.8, 4) is 0 Å². The number of aromatic amines is 1. The zero-order chi connectivity index (χ0) is 13.1. The number of nitrogens with one attached hydrogen (secondary N) is 1. The number of nitrogen functional groups attached to an aromatic ring is 1. The summed E-state index contributed by atoms with van der Waals surface area (Å²) in [6, 6.07) is 2.16. The molecule has 6 heteroatoms. The lowest BCUT2D eigenvalue weighted by atomic mass is 9.77. The Morgan fingerprint density at radius 3 is 2.94 bits per heavy atom. The molecule has 1 amide bonds. The van der Waals surface area contributed by atoms with Crippen molar-refractivity contribution in [1.29, 1.82) is 0 Å². The minimum absolute atomic E-state index is 0.0458. The Kier molecular flexibility index (Phi) is 3.86. The highest BCUT2D eigenvalue weighted by atomic mass is 16.5. The van der Waals surface area contributed by atoms with Crippen molar-refractivity contribution >= 4 is 11.7 Å². The molecule has 0 radical (unpaired) electrons. The number of nitrogens with two attached hydrogens (primary N) is 1. The summed E-state index contributed by atoms with van der Waals surface area (Å²) in [7, 11) is 1.84. The van der Waals surface area contributed by atoms with Crippen LogP contribution in [0.1, 0.15) is 31.4 Å². The first-order valence-electron chi connectivity index (χ1n) is 6.26. The van der Waals surface area contributed by atoms with Crippen LogP contribution in [0.25, 0.3) is 0 Å².